The Hall–Kier alpha value is -0.160. The second kappa shape index (κ2) is 7.74. The predicted octanol–water partition coefficient (Wildman–Crippen LogP) is 5.92. The van der Waals surface area contributed by atoms with Crippen molar-refractivity contribution in [3.8, 4) is 0 Å². The summed E-state index contributed by atoms with van der Waals surface area (Å²) in [5, 5.41) is 3.66. The lowest BCUT2D eigenvalue weighted by Crippen LogP contribution is -2.22. The molecule has 1 unspecified atom stereocenters. The van der Waals surface area contributed by atoms with E-state index in [-0.39, 0.29) is 6.04 Å². The summed E-state index contributed by atoms with van der Waals surface area (Å²) in [5.74, 6) is 0. The van der Waals surface area contributed by atoms with Crippen LogP contribution in [0.1, 0.15) is 42.3 Å². The highest BCUT2D eigenvalue weighted by Crippen LogP contribution is 2.37. The SMILES string of the molecule is CCCNC(c1cccc(CC)c1)c1cc(Br)c(Br)s1. The molecule has 1 aromatic carbocycles. The van der Waals surface area contributed by atoms with Gasteiger partial charge in [0.25, 0.3) is 0 Å². The van der Waals surface area contributed by atoms with Crippen LogP contribution >= 0.6 is 43.2 Å². The van der Waals surface area contributed by atoms with Gasteiger partial charge in [0.1, 0.15) is 0 Å². The zero-order valence-corrected chi connectivity index (χ0v) is 15.7. The highest BCUT2D eigenvalue weighted by atomic mass is 79.9. The first-order valence-electron chi connectivity index (χ1n) is 6.92. The number of thiophene rings is 1. The van der Waals surface area contributed by atoms with Crippen LogP contribution in [0.2, 0.25) is 0 Å². The molecular weight excluding hydrogens is 398 g/mol. The summed E-state index contributed by atoms with van der Waals surface area (Å²) in [6.07, 6.45) is 2.21. The first kappa shape index (κ1) is 16.2. The Bertz CT molecular complexity index is 546. The van der Waals surface area contributed by atoms with Crippen molar-refractivity contribution < 1.29 is 0 Å². The Morgan fingerprint density at radius 2 is 2.00 bits per heavy atom. The van der Waals surface area contributed by atoms with Crippen molar-refractivity contribution in [1.82, 2.24) is 5.32 Å². The molecule has 0 amide bonds. The Morgan fingerprint density at radius 1 is 1.20 bits per heavy atom. The first-order valence-corrected chi connectivity index (χ1v) is 9.32. The maximum absolute atomic E-state index is 3.66. The predicted molar refractivity (Wildman–Crippen MR) is 95.7 cm³/mol. The molecular formula is C16H19Br2NS. The van der Waals surface area contributed by atoms with Crippen molar-refractivity contribution in [2.75, 3.05) is 6.54 Å². The first-order chi connectivity index (χ1) is 9.65. The summed E-state index contributed by atoms with van der Waals surface area (Å²) in [4.78, 5) is 1.34. The quantitative estimate of drug-likeness (QED) is 0.615. The standard InChI is InChI=1S/C16H19Br2NS/c1-3-8-19-15(14-10-13(17)16(18)20-14)12-7-5-6-11(4-2)9-12/h5-7,9-10,15,19H,3-4,8H2,1-2H3. The Kier molecular flexibility index (Phi) is 6.27. The minimum Gasteiger partial charge on any atom is -0.306 e. The summed E-state index contributed by atoms with van der Waals surface area (Å²) in [6.45, 7) is 5.42. The van der Waals surface area contributed by atoms with Crippen LogP contribution in [-0.2, 0) is 6.42 Å². The largest absolute Gasteiger partial charge is 0.306 e. The molecule has 0 spiro atoms. The highest BCUT2D eigenvalue weighted by molar-refractivity contribution is 9.13. The van der Waals surface area contributed by atoms with Gasteiger partial charge in [0.15, 0.2) is 0 Å². The molecule has 2 rings (SSSR count). The second-order valence-electron chi connectivity index (χ2n) is 4.76. The molecule has 1 nitrogen and oxygen atoms in total. The average molecular weight is 417 g/mol. The van der Waals surface area contributed by atoms with Crippen LogP contribution in [0.5, 0.6) is 0 Å². The van der Waals surface area contributed by atoms with Crippen LogP contribution < -0.4 is 5.32 Å². The van der Waals surface area contributed by atoms with E-state index in [4.69, 9.17) is 0 Å². The summed E-state index contributed by atoms with van der Waals surface area (Å²) in [7, 11) is 0. The maximum atomic E-state index is 3.66. The monoisotopic (exact) mass is 415 g/mol. The lowest BCUT2D eigenvalue weighted by Gasteiger charge is -2.18. The van der Waals surface area contributed by atoms with E-state index in [9.17, 15) is 0 Å². The fourth-order valence-corrected chi connectivity index (χ4v) is 4.36. The van der Waals surface area contributed by atoms with Crippen LogP contribution in [0.25, 0.3) is 0 Å². The van der Waals surface area contributed by atoms with E-state index in [1.54, 1.807) is 11.3 Å². The van der Waals surface area contributed by atoms with Crippen LogP contribution in [0.3, 0.4) is 0 Å². The van der Waals surface area contributed by atoms with Crippen LogP contribution in [-0.4, -0.2) is 6.54 Å². The lowest BCUT2D eigenvalue weighted by molar-refractivity contribution is 0.605. The molecule has 0 saturated carbocycles. The number of nitrogens with one attached hydrogen (secondary N) is 1. The summed E-state index contributed by atoms with van der Waals surface area (Å²) < 4.78 is 2.29. The molecule has 20 heavy (non-hydrogen) atoms. The fraction of sp³-hybridized carbons (Fsp3) is 0.375. The molecule has 1 aromatic heterocycles. The molecule has 0 saturated heterocycles. The minimum absolute atomic E-state index is 0.272. The topological polar surface area (TPSA) is 12.0 Å². The van der Waals surface area contributed by atoms with Gasteiger partial charge in [-0.3, -0.25) is 0 Å². The van der Waals surface area contributed by atoms with E-state index in [2.05, 4.69) is 81.4 Å². The van der Waals surface area contributed by atoms with Crippen molar-refractivity contribution in [2.45, 2.75) is 32.7 Å². The van der Waals surface area contributed by atoms with E-state index >= 15 is 0 Å². The maximum Gasteiger partial charge on any atom is 0.0843 e. The van der Waals surface area contributed by atoms with Gasteiger partial charge < -0.3 is 5.32 Å². The molecule has 0 fully saturated rings. The van der Waals surface area contributed by atoms with Crippen molar-refractivity contribution >= 4 is 43.2 Å². The normalized spacial score (nSPS) is 12.6. The number of hydrogen-bond acceptors (Lipinski definition) is 2. The van der Waals surface area contributed by atoms with E-state index in [0.717, 1.165) is 27.6 Å². The molecule has 108 valence electrons. The van der Waals surface area contributed by atoms with E-state index in [1.807, 2.05) is 0 Å². The zero-order valence-electron chi connectivity index (χ0n) is 11.7. The van der Waals surface area contributed by atoms with Crippen LogP contribution in [0, 0.1) is 0 Å². The molecule has 1 atom stereocenters. The molecule has 0 aliphatic heterocycles. The lowest BCUT2D eigenvalue weighted by atomic mass is 10.0. The van der Waals surface area contributed by atoms with Crippen molar-refractivity contribution in [3.05, 3.63) is 54.6 Å². The van der Waals surface area contributed by atoms with Gasteiger partial charge in [-0.05, 0) is 68.4 Å². The third kappa shape index (κ3) is 3.94. The molecule has 0 aliphatic rings. The van der Waals surface area contributed by atoms with Crippen LogP contribution in [0.4, 0.5) is 0 Å². The fourth-order valence-electron chi connectivity index (χ4n) is 2.17. The molecule has 0 radical (unpaired) electrons. The summed E-state index contributed by atoms with van der Waals surface area (Å²) >= 11 is 8.97. The zero-order chi connectivity index (χ0) is 14.5. The Morgan fingerprint density at radius 3 is 2.60 bits per heavy atom. The smallest absolute Gasteiger partial charge is 0.0843 e. The van der Waals surface area contributed by atoms with Crippen molar-refractivity contribution in [3.63, 3.8) is 0 Å². The molecule has 2 aromatic rings. The highest BCUT2D eigenvalue weighted by Gasteiger charge is 2.17. The van der Waals surface area contributed by atoms with Crippen molar-refractivity contribution in [1.29, 1.82) is 0 Å². The second-order valence-corrected chi connectivity index (χ2v) is 8.01. The summed E-state index contributed by atoms with van der Waals surface area (Å²) in [6, 6.07) is 11.4. The Labute approximate surface area is 142 Å². The van der Waals surface area contributed by atoms with Gasteiger partial charge >= 0.3 is 0 Å². The van der Waals surface area contributed by atoms with Gasteiger partial charge in [-0.15, -0.1) is 11.3 Å². The molecule has 1 N–H and O–H groups in total. The van der Waals surface area contributed by atoms with Gasteiger partial charge in [0.05, 0.1) is 9.83 Å². The molecule has 4 heteroatoms. The third-order valence-corrected chi connectivity index (χ3v) is 6.56. The number of hydrogen-bond donors (Lipinski definition) is 1. The van der Waals surface area contributed by atoms with Gasteiger partial charge in [-0.2, -0.15) is 0 Å². The van der Waals surface area contributed by atoms with Gasteiger partial charge in [0, 0.05) is 9.35 Å². The van der Waals surface area contributed by atoms with E-state index < -0.39 is 0 Å². The van der Waals surface area contributed by atoms with Gasteiger partial charge in [-0.1, -0.05) is 38.1 Å². The molecule has 0 aliphatic carbocycles. The number of rotatable bonds is 6. The van der Waals surface area contributed by atoms with Crippen molar-refractivity contribution in [2.24, 2.45) is 0 Å². The minimum atomic E-state index is 0.272. The average Bonchev–Trinajstić information content (AvgIpc) is 2.79. The summed E-state index contributed by atoms with van der Waals surface area (Å²) in [5.41, 5.74) is 2.74. The van der Waals surface area contributed by atoms with E-state index in [0.29, 0.717) is 0 Å². The third-order valence-electron chi connectivity index (χ3n) is 3.24. The number of halogens is 2. The Balaban J connectivity index is 2.35. The molecule has 1 heterocycles. The molecule has 0 bridgehead atoms. The van der Waals surface area contributed by atoms with Gasteiger partial charge in [-0.25, -0.2) is 0 Å². The van der Waals surface area contributed by atoms with Gasteiger partial charge in [0.2, 0.25) is 0 Å². The van der Waals surface area contributed by atoms with Crippen LogP contribution in [0.15, 0.2) is 38.6 Å². The number of benzene rings is 1. The number of aryl methyl sites for hydroxylation is 1. The van der Waals surface area contributed by atoms with E-state index in [1.165, 1.54) is 16.0 Å².